The zero-order valence-corrected chi connectivity index (χ0v) is 17.4. The molecular weight excluding hydrogens is 433 g/mol. The van der Waals surface area contributed by atoms with Crippen LogP contribution in [0.2, 0.25) is 5.02 Å². The number of carbonyl (C=O) groups is 2. The molecule has 0 saturated carbocycles. The molecule has 0 aliphatic carbocycles. The van der Waals surface area contributed by atoms with E-state index in [2.05, 4.69) is 10.6 Å². The van der Waals surface area contributed by atoms with E-state index in [9.17, 15) is 19.2 Å². The molecule has 0 bridgehead atoms. The van der Waals surface area contributed by atoms with Gasteiger partial charge in [-0.05, 0) is 54.1 Å². The minimum absolute atomic E-state index is 0.0710. The van der Waals surface area contributed by atoms with Crippen LogP contribution < -0.4 is 15.4 Å². The van der Waals surface area contributed by atoms with Crippen molar-refractivity contribution < 1.29 is 18.7 Å². The van der Waals surface area contributed by atoms with Gasteiger partial charge >= 0.3 is 0 Å². The first-order chi connectivity index (χ1) is 15.4. The van der Waals surface area contributed by atoms with Crippen LogP contribution in [-0.2, 0) is 9.59 Å². The first kappa shape index (κ1) is 22.5. The Morgan fingerprint density at radius 1 is 1.03 bits per heavy atom. The van der Waals surface area contributed by atoms with E-state index in [4.69, 9.17) is 16.3 Å². The van der Waals surface area contributed by atoms with Crippen LogP contribution in [0.3, 0.4) is 0 Å². The van der Waals surface area contributed by atoms with Gasteiger partial charge in [0.15, 0.2) is 6.61 Å². The molecule has 32 heavy (non-hydrogen) atoms. The fraction of sp³-hybridized carbons (Fsp3) is 0.0417. The average molecular weight is 450 g/mol. The molecule has 160 valence electrons. The Kier molecular flexibility index (Phi) is 7.57. The van der Waals surface area contributed by atoms with E-state index in [0.717, 1.165) is 0 Å². The summed E-state index contributed by atoms with van der Waals surface area (Å²) in [5.74, 6) is -1.22. The maximum absolute atomic E-state index is 13.6. The Morgan fingerprint density at radius 3 is 2.47 bits per heavy atom. The van der Waals surface area contributed by atoms with Crippen LogP contribution in [0.4, 0.5) is 15.8 Å². The number of nitrogens with one attached hydrogen (secondary N) is 2. The Morgan fingerprint density at radius 2 is 1.78 bits per heavy atom. The van der Waals surface area contributed by atoms with E-state index in [0.29, 0.717) is 22.0 Å². The highest BCUT2D eigenvalue weighted by Gasteiger charge is 2.10. The molecule has 0 aliphatic heterocycles. The van der Waals surface area contributed by atoms with Gasteiger partial charge in [-0.15, -0.1) is 0 Å². The molecular formula is C24H17ClFN3O3. The molecule has 3 aromatic rings. The van der Waals surface area contributed by atoms with Crippen LogP contribution in [0, 0.1) is 17.1 Å². The lowest BCUT2D eigenvalue weighted by Gasteiger charge is -2.08. The summed E-state index contributed by atoms with van der Waals surface area (Å²) < 4.78 is 19.0. The van der Waals surface area contributed by atoms with Gasteiger partial charge in [-0.3, -0.25) is 9.59 Å². The molecule has 0 aromatic heterocycles. The second kappa shape index (κ2) is 10.8. The van der Waals surface area contributed by atoms with Gasteiger partial charge in [0.05, 0.1) is 5.69 Å². The maximum Gasteiger partial charge on any atom is 0.266 e. The lowest BCUT2D eigenvalue weighted by molar-refractivity contribution is -0.118. The normalized spacial score (nSPS) is 10.7. The minimum Gasteiger partial charge on any atom is -0.484 e. The summed E-state index contributed by atoms with van der Waals surface area (Å²) in [5.41, 5.74) is 1.04. The number of ether oxygens (including phenoxy) is 1. The Labute approximate surface area is 188 Å². The SMILES string of the molecule is N#C/C(=C/c1ccc(OCC(=O)Nc2ccccc2F)cc1)C(=O)Nc1cccc(Cl)c1. The van der Waals surface area contributed by atoms with Crippen molar-refractivity contribution in [2.75, 3.05) is 17.2 Å². The van der Waals surface area contributed by atoms with Crippen LogP contribution in [0.5, 0.6) is 5.75 Å². The van der Waals surface area contributed by atoms with E-state index in [1.165, 1.54) is 24.3 Å². The molecule has 3 rings (SSSR count). The van der Waals surface area contributed by atoms with Gasteiger partial charge < -0.3 is 15.4 Å². The number of rotatable bonds is 7. The van der Waals surface area contributed by atoms with Crippen molar-refractivity contribution in [2.45, 2.75) is 0 Å². The lowest BCUT2D eigenvalue weighted by Crippen LogP contribution is -2.20. The zero-order valence-electron chi connectivity index (χ0n) is 16.6. The first-order valence-corrected chi connectivity index (χ1v) is 9.78. The van der Waals surface area contributed by atoms with E-state index >= 15 is 0 Å². The summed E-state index contributed by atoms with van der Waals surface area (Å²) in [4.78, 5) is 24.3. The van der Waals surface area contributed by atoms with Crippen LogP contribution in [0.25, 0.3) is 6.08 Å². The fourth-order valence-electron chi connectivity index (χ4n) is 2.64. The predicted octanol–water partition coefficient (Wildman–Crippen LogP) is 5.04. The van der Waals surface area contributed by atoms with Crippen molar-refractivity contribution in [3.05, 3.63) is 94.8 Å². The number of hydrogen-bond donors (Lipinski definition) is 2. The highest BCUT2D eigenvalue weighted by atomic mass is 35.5. The molecule has 0 fully saturated rings. The molecule has 2 N–H and O–H groups in total. The largest absolute Gasteiger partial charge is 0.484 e. The Balaban J connectivity index is 1.58. The maximum atomic E-state index is 13.6. The molecule has 6 nitrogen and oxygen atoms in total. The summed E-state index contributed by atoms with van der Waals surface area (Å²) in [6, 6.07) is 20.7. The second-order valence-corrected chi connectivity index (χ2v) is 6.96. The van der Waals surface area contributed by atoms with Gasteiger partial charge in [-0.25, -0.2) is 4.39 Å². The summed E-state index contributed by atoms with van der Waals surface area (Å²) in [5, 5.41) is 14.8. The molecule has 0 aliphatic rings. The summed E-state index contributed by atoms with van der Waals surface area (Å²) in [7, 11) is 0. The van der Waals surface area contributed by atoms with Crippen LogP contribution in [0.1, 0.15) is 5.56 Å². The van der Waals surface area contributed by atoms with Crippen molar-refractivity contribution >= 4 is 40.9 Å². The molecule has 0 unspecified atom stereocenters. The van der Waals surface area contributed by atoms with Gasteiger partial charge in [0, 0.05) is 10.7 Å². The number of amides is 2. The number of nitriles is 1. The fourth-order valence-corrected chi connectivity index (χ4v) is 2.83. The first-order valence-electron chi connectivity index (χ1n) is 9.40. The van der Waals surface area contributed by atoms with Crippen LogP contribution in [0.15, 0.2) is 78.4 Å². The average Bonchev–Trinajstić information content (AvgIpc) is 2.78. The molecule has 8 heteroatoms. The van der Waals surface area contributed by atoms with Crippen molar-refractivity contribution in [1.82, 2.24) is 0 Å². The number of nitrogens with zero attached hydrogens (tertiary/aromatic N) is 1. The third-order valence-corrected chi connectivity index (χ3v) is 4.39. The van der Waals surface area contributed by atoms with Gasteiger partial charge in [-0.1, -0.05) is 41.9 Å². The predicted molar refractivity (Wildman–Crippen MR) is 121 cm³/mol. The zero-order chi connectivity index (χ0) is 22.9. The lowest BCUT2D eigenvalue weighted by atomic mass is 10.1. The molecule has 0 saturated heterocycles. The minimum atomic E-state index is -0.570. The number of carbonyl (C=O) groups excluding carboxylic acids is 2. The van der Waals surface area contributed by atoms with Crippen molar-refractivity contribution in [1.29, 1.82) is 5.26 Å². The quantitative estimate of drug-likeness (QED) is 0.390. The molecule has 0 radical (unpaired) electrons. The number of hydrogen-bond acceptors (Lipinski definition) is 4. The smallest absolute Gasteiger partial charge is 0.266 e. The van der Waals surface area contributed by atoms with E-state index in [1.54, 1.807) is 54.6 Å². The third-order valence-electron chi connectivity index (χ3n) is 4.16. The third kappa shape index (κ3) is 6.42. The number of halogens is 2. The monoisotopic (exact) mass is 449 g/mol. The highest BCUT2D eigenvalue weighted by Crippen LogP contribution is 2.18. The molecule has 0 heterocycles. The van der Waals surface area contributed by atoms with E-state index < -0.39 is 17.6 Å². The van der Waals surface area contributed by atoms with Crippen LogP contribution >= 0.6 is 11.6 Å². The Hall–Kier alpha value is -4.15. The van der Waals surface area contributed by atoms with E-state index in [-0.39, 0.29) is 17.9 Å². The number of para-hydroxylation sites is 1. The number of anilines is 2. The molecule has 2 amide bonds. The Bertz CT molecular complexity index is 1200. The highest BCUT2D eigenvalue weighted by molar-refractivity contribution is 6.31. The molecule has 0 atom stereocenters. The molecule has 0 spiro atoms. The van der Waals surface area contributed by atoms with Gasteiger partial charge in [0.2, 0.25) is 0 Å². The van der Waals surface area contributed by atoms with Gasteiger partial charge in [0.25, 0.3) is 11.8 Å². The van der Waals surface area contributed by atoms with Gasteiger partial charge in [-0.2, -0.15) is 5.26 Å². The number of benzene rings is 3. The van der Waals surface area contributed by atoms with Crippen molar-refractivity contribution in [2.24, 2.45) is 0 Å². The van der Waals surface area contributed by atoms with E-state index in [1.807, 2.05) is 6.07 Å². The summed E-state index contributed by atoms with van der Waals surface area (Å²) in [6.07, 6.45) is 1.43. The van der Waals surface area contributed by atoms with Crippen molar-refractivity contribution in [3.8, 4) is 11.8 Å². The van der Waals surface area contributed by atoms with Gasteiger partial charge in [0.1, 0.15) is 23.2 Å². The standard InChI is InChI=1S/C24H17ClFN3O3/c25-18-4-3-5-19(13-18)28-24(31)17(14-27)12-16-8-10-20(11-9-16)32-15-23(30)29-22-7-2-1-6-21(22)26/h1-13H,15H2,(H,28,31)(H,29,30)/b17-12-. The van der Waals surface area contributed by atoms with Crippen LogP contribution in [-0.4, -0.2) is 18.4 Å². The van der Waals surface area contributed by atoms with Crippen molar-refractivity contribution in [3.63, 3.8) is 0 Å². The summed E-state index contributed by atoms with van der Waals surface area (Å²) in [6.45, 7) is -0.311. The topological polar surface area (TPSA) is 91.2 Å². The second-order valence-electron chi connectivity index (χ2n) is 6.52. The summed E-state index contributed by atoms with van der Waals surface area (Å²) >= 11 is 5.89. The molecule has 3 aromatic carbocycles.